The summed E-state index contributed by atoms with van der Waals surface area (Å²) in [7, 11) is 4.49. The molecule has 0 spiro atoms. The zero-order valence-corrected chi connectivity index (χ0v) is 12.2. The smallest absolute Gasteiger partial charge is 0.0355 e. The average Bonchev–Trinajstić information content (AvgIpc) is 2.33. The van der Waals surface area contributed by atoms with Gasteiger partial charge in [0.15, 0.2) is 0 Å². The van der Waals surface area contributed by atoms with Gasteiger partial charge in [-0.25, -0.2) is 0 Å². The van der Waals surface area contributed by atoms with Crippen LogP contribution in [0.3, 0.4) is 0 Å². The van der Waals surface area contributed by atoms with E-state index < -0.39 is 0 Å². The third-order valence-electron chi connectivity index (χ3n) is 4.64. The van der Waals surface area contributed by atoms with Gasteiger partial charge >= 0.3 is 0 Å². The van der Waals surface area contributed by atoms with Crippen LogP contribution in [0, 0.1) is 0 Å². The quantitative estimate of drug-likeness (QED) is 0.721. The standard InChI is InChI=1S/C14H31N3/c1-5-6-7-9-17(4)14(12-15)8-10-16(3)13(2)11-14/h13H,5-12,15H2,1-4H3. The molecule has 2 N–H and O–H groups in total. The summed E-state index contributed by atoms with van der Waals surface area (Å²) in [6, 6.07) is 0.654. The monoisotopic (exact) mass is 241 g/mol. The lowest BCUT2D eigenvalue weighted by molar-refractivity contribution is 0.0260. The van der Waals surface area contributed by atoms with Crippen molar-refractivity contribution in [2.75, 3.05) is 33.7 Å². The van der Waals surface area contributed by atoms with Gasteiger partial charge < -0.3 is 10.6 Å². The van der Waals surface area contributed by atoms with Gasteiger partial charge in [0.05, 0.1) is 0 Å². The molecule has 102 valence electrons. The Balaban J connectivity index is 2.55. The number of piperidine rings is 1. The van der Waals surface area contributed by atoms with Gasteiger partial charge in [-0.1, -0.05) is 19.8 Å². The Hall–Kier alpha value is -0.120. The predicted molar refractivity (Wildman–Crippen MR) is 75.3 cm³/mol. The van der Waals surface area contributed by atoms with Crippen LogP contribution in [0.1, 0.15) is 46.0 Å². The molecule has 0 aromatic carbocycles. The van der Waals surface area contributed by atoms with Gasteiger partial charge in [-0.15, -0.1) is 0 Å². The van der Waals surface area contributed by atoms with Crippen LogP contribution >= 0.6 is 0 Å². The molecule has 0 aromatic rings. The molecule has 2 unspecified atom stereocenters. The minimum Gasteiger partial charge on any atom is -0.329 e. The van der Waals surface area contributed by atoms with Gasteiger partial charge in [-0.3, -0.25) is 4.90 Å². The van der Waals surface area contributed by atoms with Crippen molar-refractivity contribution in [3.05, 3.63) is 0 Å². The molecule has 1 rings (SSSR count). The zero-order valence-electron chi connectivity index (χ0n) is 12.2. The number of likely N-dealkylation sites (tertiary alicyclic amines) is 1. The minimum atomic E-state index is 0.250. The van der Waals surface area contributed by atoms with Crippen molar-refractivity contribution < 1.29 is 0 Å². The highest BCUT2D eigenvalue weighted by molar-refractivity contribution is 4.97. The summed E-state index contributed by atoms with van der Waals surface area (Å²) in [4.78, 5) is 4.99. The molecule has 2 atom stereocenters. The summed E-state index contributed by atoms with van der Waals surface area (Å²) >= 11 is 0. The second kappa shape index (κ2) is 6.72. The number of likely N-dealkylation sites (N-methyl/N-ethyl adjacent to an activating group) is 1. The third-order valence-corrected chi connectivity index (χ3v) is 4.64. The average molecular weight is 241 g/mol. The molecule has 0 bridgehead atoms. The second-order valence-corrected chi connectivity index (χ2v) is 5.84. The number of unbranched alkanes of at least 4 members (excludes halogenated alkanes) is 2. The maximum atomic E-state index is 6.09. The van der Waals surface area contributed by atoms with Crippen LogP contribution in [-0.4, -0.2) is 55.1 Å². The topological polar surface area (TPSA) is 32.5 Å². The number of hydrogen-bond acceptors (Lipinski definition) is 3. The van der Waals surface area contributed by atoms with Crippen LogP contribution in [0.5, 0.6) is 0 Å². The molecule has 0 aromatic heterocycles. The van der Waals surface area contributed by atoms with Crippen LogP contribution in [0.15, 0.2) is 0 Å². The molecule has 3 nitrogen and oxygen atoms in total. The van der Waals surface area contributed by atoms with Crippen molar-refractivity contribution in [3.63, 3.8) is 0 Å². The number of hydrogen-bond donors (Lipinski definition) is 1. The van der Waals surface area contributed by atoms with E-state index in [0.717, 1.165) is 6.54 Å². The van der Waals surface area contributed by atoms with Gasteiger partial charge in [0.1, 0.15) is 0 Å². The van der Waals surface area contributed by atoms with E-state index in [-0.39, 0.29) is 5.54 Å². The number of rotatable bonds is 6. The molecule has 3 heteroatoms. The second-order valence-electron chi connectivity index (χ2n) is 5.84. The zero-order chi connectivity index (χ0) is 12.9. The van der Waals surface area contributed by atoms with Crippen molar-refractivity contribution in [1.82, 2.24) is 9.80 Å². The first-order valence-corrected chi connectivity index (χ1v) is 7.17. The molecule has 1 saturated heterocycles. The van der Waals surface area contributed by atoms with E-state index in [1.165, 1.54) is 45.2 Å². The Morgan fingerprint density at radius 3 is 2.65 bits per heavy atom. The van der Waals surface area contributed by atoms with Gasteiger partial charge in [0.25, 0.3) is 0 Å². The molecule has 1 fully saturated rings. The van der Waals surface area contributed by atoms with Crippen LogP contribution in [0.25, 0.3) is 0 Å². The number of nitrogens with two attached hydrogens (primary N) is 1. The lowest BCUT2D eigenvalue weighted by Gasteiger charge is -2.49. The van der Waals surface area contributed by atoms with E-state index in [9.17, 15) is 0 Å². The van der Waals surface area contributed by atoms with E-state index in [4.69, 9.17) is 5.73 Å². The van der Waals surface area contributed by atoms with E-state index >= 15 is 0 Å². The summed E-state index contributed by atoms with van der Waals surface area (Å²) in [5.74, 6) is 0. The molecule has 17 heavy (non-hydrogen) atoms. The molecule has 1 heterocycles. The van der Waals surface area contributed by atoms with Gasteiger partial charge in [0, 0.05) is 18.1 Å². The predicted octanol–water partition coefficient (Wildman–Crippen LogP) is 1.92. The fraction of sp³-hybridized carbons (Fsp3) is 1.00. The highest BCUT2D eigenvalue weighted by Gasteiger charge is 2.38. The largest absolute Gasteiger partial charge is 0.329 e. The van der Waals surface area contributed by atoms with Crippen molar-refractivity contribution in [2.45, 2.75) is 57.5 Å². The molecular weight excluding hydrogens is 210 g/mol. The van der Waals surface area contributed by atoms with Crippen molar-refractivity contribution >= 4 is 0 Å². The summed E-state index contributed by atoms with van der Waals surface area (Å²) < 4.78 is 0. The van der Waals surface area contributed by atoms with Crippen LogP contribution in [0.2, 0.25) is 0 Å². The molecule has 0 aliphatic carbocycles. The first kappa shape index (κ1) is 14.9. The summed E-state index contributed by atoms with van der Waals surface area (Å²) in [6.07, 6.45) is 6.36. The van der Waals surface area contributed by atoms with Crippen molar-refractivity contribution in [3.8, 4) is 0 Å². The van der Waals surface area contributed by atoms with Crippen LogP contribution in [0.4, 0.5) is 0 Å². The molecule has 0 saturated carbocycles. The highest BCUT2D eigenvalue weighted by Crippen LogP contribution is 2.30. The Kier molecular flexibility index (Phi) is 5.90. The SMILES string of the molecule is CCCCCN(C)C1(CN)CCN(C)C(C)C1. The van der Waals surface area contributed by atoms with Gasteiger partial charge in [-0.05, 0) is 53.4 Å². The van der Waals surface area contributed by atoms with Crippen molar-refractivity contribution in [2.24, 2.45) is 5.73 Å². The first-order chi connectivity index (χ1) is 8.05. The normalized spacial score (nSPS) is 31.1. The Morgan fingerprint density at radius 1 is 1.41 bits per heavy atom. The van der Waals surface area contributed by atoms with Gasteiger partial charge in [-0.2, -0.15) is 0 Å². The summed E-state index contributed by atoms with van der Waals surface area (Å²) in [5.41, 5.74) is 6.34. The van der Waals surface area contributed by atoms with E-state index in [1.54, 1.807) is 0 Å². The molecule has 1 aliphatic rings. The molecular formula is C14H31N3. The molecule has 1 aliphatic heterocycles. The molecule has 0 radical (unpaired) electrons. The fourth-order valence-corrected chi connectivity index (χ4v) is 2.94. The van der Waals surface area contributed by atoms with Gasteiger partial charge in [0.2, 0.25) is 0 Å². The summed E-state index contributed by atoms with van der Waals surface area (Å²) in [6.45, 7) is 7.76. The minimum absolute atomic E-state index is 0.250. The lowest BCUT2D eigenvalue weighted by atomic mass is 9.82. The lowest BCUT2D eigenvalue weighted by Crippen LogP contribution is -2.60. The maximum Gasteiger partial charge on any atom is 0.0355 e. The van der Waals surface area contributed by atoms with E-state index in [1.807, 2.05) is 0 Å². The maximum absolute atomic E-state index is 6.09. The van der Waals surface area contributed by atoms with Crippen LogP contribution in [-0.2, 0) is 0 Å². The highest BCUT2D eigenvalue weighted by atomic mass is 15.2. The number of nitrogens with zero attached hydrogens (tertiary/aromatic N) is 2. The Morgan fingerprint density at radius 2 is 2.12 bits per heavy atom. The van der Waals surface area contributed by atoms with E-state index in [0.29, 0.717) is 6.04 Å². The molecule has 0 amide bonds. The Bertz CT molecular complexity index is 220. The fourth-order valence-electron chi connectivity index (χ4n) is 2.94. The van der Waals surface area contributed by atoms with Crippen LogP contribution < -0.4 is 5.73 Å². The Labute approximate surface area is 107 Å². The summed E-state index contributed by atoms with van der Waals surface area (Å²) in [5, 5.41) is 0. The van der Waals surface area contributed by atoms with Crippen molar-refractivity contribution in [1.29, 1.82) is 0 Å². The van der Waals surface area contributed by atoms with E-state index in [2.05, 4.69) is 37.7 Å². The first-order valence-electron chi connectivity index (χ1n) is 7.17. The third kappa shape index (κ3) is 3.67.